The molecule has 4 rings (SSSR count). The Morgan fingerprint density at radius 3 is 2.23 bits per heavy atom. The number of nitrogens with zero attached hydrogens (tertiary/aromatic N) is 1. The van der Waals surface area contributed by atoms with Gasteiger partial charge in [-0.1, -0.05) is 12.1 Å². The highest BCUT2D eigenvalue weighted by molar-refractivity contribution is 5.93. The zero-order valence-corrected chi connectivity index (χ0v) is 17.0. The molecule has 152 valence electrons. The first kappa shape index (κ1) is 19.5. The van der Waals surface area contributed by atoms with Gasteiger partial charge in [0.25, 0.3) is 0 Å². The summed E-state index contributed by atoms with van der Waals surface area (Å²) in [7, 11) is 3.99. The smallest absolute Gasteiger partial charge is 0.351 e. The second-order valence-electron chi connectivity index (χ2n) is 7.03. The third kappa shape index (κ3) is 3.72. The summed E-state index contributed by atoms with van der Waals surface area (Å²) in [5.74, 6) is 0.711. The maximum Gasteiger partial charge on any atom is 0.351 e. The summed E-state index contributed by atoms with van der Waals surface area (Å²) in [5, 5.41) is 0.632. The van der Waals surface area contributed by atoms with E-state index in [0.717, 1.165) is 22.6 Å². The number of fused-ring (bicyclic) bond motifs is 1. The number of esters is 1. The zero-order valence-electron chi connectivity index (χ0n) is 17.0. The topological polar surface area (TPSA) is 72.9 Å². The molecule has 4 aromatic rings. The highest BCUT2D eigenvalue weighted by Gasteiger charge is 2.16. The van der Waals surface area contributed by atoms with E-state index in [9.17, 15) is 9.59 Å². The maximum atomic E-state index is 12.2. The van der Waals surface area contributed by atoms with Crippen LogP contribution >= 0.6 is 0 Å². The van der Waals surface area contributed by atoms with Gasteiger partial charge in [0.05, 0.1) is 6.61 Å². The van der Waals surface area contributed by atoms with E-state index in [2.05, 4.69) is 0 Å². The number of carbonyl (C=O) groups is 1. The lowest BCUT2D eigenvalue weighted by Gasteiger charge is -2.12. The lowest BCUT2D eigenvalue weighted by molar-refractivity contribution is 0.0522. The van der Waals surface area contributed by atoms with Gasteiger partial charge in [0.2, 0.25) is 0 Å². The number of carbonyl (C=O) groups excluding carboxylic acids is 1. The molecule has 0 spiro atoms. The van der Waals surface area contributed by atoms with E-state index in [1.54, 1.807) is 19.1 Å². The number of furan rings is 1. The Bertz CT molecular complexity index is 1260. The molecule has 0 atom stereocenters. The van der Waals surface area contributed by atoms with Crippen LogP contribution < -0.4 is 10.5 Å². The SMILES string of the molecule is CCOC(=O)c1cc2ccc(-c3ccc(-c4ccc(N(C)C)cc4)o3)cc2oc1=O. The number of benzene rings is 2. The molecule has 0 aliphatic heterocycles. The third-order valence-electron chi connectivity index (χ3n) is 4.79. The normalized spacial score (nSPS) is 10.9. The largest absolute Gasteiger partial charge is 0.462 e. The Balaban J connectivity index is 1.66. The van der Waals surface area contributed by atoms with E-state index in [0.29, 0.717) is 16.7 Å². The van der Waals surface area contributed by atoms with Crippen LogP contribution in [0.5, 0.6) is 0 Å². The van der Waals surface area contributed by atoms with E-state index in [1.165, 1.54) is 6.07 Å². The molecular formula is C24H21NO5. The minimum atomic E-state index is -0.723. The number of rotatable bonds is 5. The van der Waals surface area contributed by atoms with Crippen LogP contribution in [0.25, 0.3) is 33.6 Å². The summed E-state index contributed by atoms with van der Waals surface area (Å²) >= 11 is 0. The van der Waals surface area contributed by atoms with Crippen molar-refractivity contribution in [2.75, 3.05) is 25.6 Å². The Hall–Kier alpha value is -3.80. The summed E-state index contributed by atoms with van der Waals surface area (Å²) in [6.45, 7) is 1.87. The predicted molar refractivity (Wildman–Crippen MR) is 116 cm³/mol. The lowest BCUT2D eigenvalue weighted by Crippen LogP contribution is -2.16. The van der Waals surface area contributed by atoms with Crippen LogP contribution in [-0.4, -0.2) is 26.7 Å². The molecule has 0 aliphatic carbocycles. The van der Waals surface area contributed by atoms with Crippen LogP contribution in [-0.2, 0) is 4.74 Å². The molecule has 2 aromatic carbocycles. The fourth-order valence-electron chi connectivity index (χ4n) is 3.19. The average molecular weight is 403 g/mol. The van der Waals surface area contributed by atoms with Crippen LogP contribution in [0.2, 0.25) is 0 Å². The van der Waals surface area contributed by atoms with Crippen molar-refractivity contribution in [3.8, 4) is 22.6 Å². The minimum Gasteiger partial charge on any atom is -0.462 e. The van der Waals surface area contributed by atoms with Crippen molar-refractivity contribution in [3.05, 3.63) is 76.6 Å². The fourth-order valence-corrected chi connectivity index (χ4v) is 3.19. The average Bonchev–Trinajstić information content (AvgIpc) is 3.23. The van der Waals surface area contributed by atoms with Gasteiger partial charge in [-0.15, -0.1) is 0 Å². The van der Waals surface area contributed by atoms with Gasteiger partial charge in [0.15, 0.2) is 0 Å². The monoisotopic (exact) mass is 403 g/mol. The molecule has 0 saturated carbocycles. The van der Waals surface area contributed by atoms with Crippen LogP contribution in [0, 0.1) is 0 Å². The summed E-state index contributed by atoms with van der Waals surface area (Å²) in [5.41, 5.74) is 2.39. The van der Waals surface area contributed by atoms with Gasteiger partial charge in [-0.05, 0) is 55.5 Å². The quantitative estimate of drug-likeness (QED) is 0.346. The number of hydrogen-bond donors (Lipinski definition) is 0. The summed E-state index contributed by atoms with van der Waals surface area (Å²) in [4.78, 5) is 26.1. The Morgan fingerprint density at radius 1 is 0.900 bits per heavy atom. The Labute approximate surface area is 173 Å². The molecule has 0 radical (unpaired) electrons. The number of ether oxygens (including phenoxy) is 1. The summed E-state index contributed by atoms with van der Waals surface area (Å²) in [6, 6.07) is 18.7. The van der Waals surface area contributed by atoms with Gasteiger partial charge in [-0.2, -0.15) is 0 Å². The first-order valence-corrected chi connectivity index (χ1v) is 9.59. The van der Waals surface area contributed by atoms with Crippen LogP contribution in [0.3, 0.4) is 0 Å². The van der Waals surface area contributed by atoms with Gasteiger partial charge in [0, 0.05) is 36.3 Å². The second-order valence-corrected chi connectivity index (χ2v) is 7.03. The minimum absolute atomic E-state index is 0.112. The van der Waals surface area contributed by atoms with Gasteiger partial charge in [-0.25, -0.2) is 9.59 Å². The van der Waals surface area contributed by atoms with Crippen LogP contribution in [0.4, 0.5) is 5.69 Å². The molecule has 0 N–H and O–H groups in total. The number of anilines is 1. The Morgan fingerprint density at radius 2 is 1.57 bits per heavy atom. The molecule has 0 amide bonds. The summed E-state index contributed by atoms with van der Waals surface area (Å²) < 4.78 is 16.3. The standard InChI is InChI=1S/C24H21NO5/c1-4-28-23(26)19-13-16-5-6-17(14-22(16)30-24(19)27)21-12-11-20(29-21)15-7-9-18(10-8-15)25(2)3/h5-14H,4H2,1-3H3. The van der Waals surface area contributed by atoms with Crippen LogP contribution in [0.1, 0.15) is 17.3 Å². The van der Waals surface area contributed by atoms with Crippen molar-refractivity contribution < 1.29 is 18.4 Å². The van der Waals surface area contributed by atoms with E-state index in [-0.39, 0.29) is 12.2 Å². The molecule has 0 bridgehead atoms. The molecule has 0 aliphatic rings. The highest BCUT2D eigenvalue weighted by Crippen LogP contribution is 2.31. The molecular weight excluding hydrogens is 382 g/mol. The molecule has 0 saturated heterocycles. The van der Waals surface area contributed by atoms with E-state index in [4.69, 9.17) is 13.6 Å². The second kappa shape index (κ2) is 7.91. The molecule has 6 nitrogen and oxygen atoms in total. The Kier molecular flexibility index (Phi) is 5.14. The van der Waals surface area contributed by atoms with Crippen molar-refractivity contribution in [3.63, 3.8) is 0 Å². The first-order chi connectivity index (χ1) is 14.5. The van der Waals surface area contributed by atoms with Crippen molar-refractivity contribution in [2.45, 2.75) is 6.92 Å². The molecule has 2 heterocycles. The van der Waals surface area contributed by atoms with E-state index in [1.807, 2.05) is 61.5 Å². The van der Waals surface area contributed by atoms with Gasteiger partial charge >= 0.3 is 11.6 Å². The molecule has 30 heavy (non-hydrogen) atoms. The van der Waals surface area contributed by atoms with Crippen molar-refractivity contribution in [2.24, 2.45) is 0 Å². The van der Waals surface area contributed by atoms with Gasteiger partial charge in [-0.3, -0.25) is 0 Å². The lowest BCUT2D eigenvalue weighted by atomic mass is 10.1. The molecule has 0 unspecified atom stereocenters. The zero-order chi connectivity index (χ0) is 21.3. The van der Waals surface area contributed by atoms with Crippen LogP contribution in [0.15, 0.2) is 74.3 Å². The van der Waals surface area contributed by atoms with Crippen molar-refractivity contribution in [1.29, 1.82) is 0 Å². The van der Waals surface area contributed by atoms with Gasteiger partial charge in [0.1, 0.15) is 22.7 Å². The number of hydrogen-bond acceptors (Lipinski definition) is 6. The third-order valence-corrected chi connectivity index (χ3v) is 4.79. The molecule has 6 heteroatoms. The first-order valence-electron chi connectivity index (χ1n) is 9.59. The highest BCUT2D eigenvalue weighted by atomic mass is 16.5. The van der Waals surface area contributed by atoms with Gasteiger partial charge < -0.3 is 18.5 Å². The van der Waals surface area contributed by atoms with Crippen molar-refractivity contribution >= 4 is 22.6 Å². The predicted octanol–water partition coefficient (Wildman–Crippen LogP) is 4.96. The molecule has 2 aromatic heterocycles. The fraction of sp³-hybridized carbons (Fsp3) is 0.167. The summed E-state index contributed by atoms with van der Waals surface area (Å²) in [6.07, 6.45) is 0. The van der Waals surface area contributed by atoms with Crippen molar-refractivity contribution in [1.82, 2.24) is 0 Å². The molecule has 0 fully saturated rings. The maximum absolute atomic E-state index is 12.2. The van der Waals surface area contributed by atoms with E-state index < -0.39 is 11.6 Å². The van der Waals surface area contributed by atoms with E-state index >= 15 is 0 Å².